The molecule has 3 atom stereocenters. The van der Waals surface area contributed by atoms with Crippen LogP contribution in [0.25, 0.3) is 0 Å². The zero-order chi connectivity index (χ0) is 15.0. The summed E-state index contributed by atoms with van der Waals surface area (Å²) in [5, 5.41) is 0. The Morgan fingerprint density at radius 2 is 1.95 bits per heavy atom. The summed E-state index contributed by atoms with van der Waals surface area (Å²) in [5.74, 6) is 1.63. The van der Waals surface area contributed by atoms with E-state index in [0.29, 0.717) is 12.1 Å². The maximum Gasteiger partial charge on any atom is 0.161 e. The molecule has 2 aliphatic rings. The van der Waals surface area contributed by atoms with Gasteiger partial charge in [0.25, 0.3) is 0 Å². The predicted octanol–water partition coefficient (Wildman–Crippen LogP) is 2.16. The Bertz CT molecular complexity index is 520. The van der Waals surface area contributed by atoms with Crippen molar-refractivity contribution in [2.75, 3.05) is 27.8 Å². The molecule has 2 fully saturated rings. The van der Waals surface area contributed by atoms with E-state index in [4.69, 9.17) is 15.2 Å². The van der Waals surface area contributed by atoms with Gasteiger partial charge in [-0.3, -0.25) is 0 Å². The van der Waals surface area contributed by atoms with Crippen molar-refractivity contribution in [3.05, 3.63) is 23.8 Å². The first kappa shape index (κ1) is 14.7. The summed E-state index contributed by atoms with van der Waals surface area (Å²) in [6.45, 7) is 1.14. The highest BCUT2D eigenvalue weighted by Crippen LogP contribution is 2.49. The summed E-state index contributed by atoms with van der Waals surface area (Å²) >= 11 is 0. The Morgan fingerprint density at radius 1 is 1.19 bits per heavy atom. The number of nitrogens with zero attached hydrogens (tertiary/aromatic N) is 1. The topological polar surface area (TPSA) is 47.7 Å². The second kappa shape index (κ2) is 5.50. The molecular formula is C17H26N2O2. The van der Waals surface area contributed by atoms with E-state index in [2.05, 4.69) is 24.1 Å². The van der Waals surface area contributed by atoms with Gasteiger partial charge >= 0.3 is 0 Å². The molecule has 4 nitrogen and oxygen atoms in total. The average molecular weight is 290 g/mol. The highest BCUT2D eigenvalue weighted by atomic mass is 16.5. The van der Waals surface area contributed by atoms with Gasteiger partial charge in [-0.05, 0) is 57.0 Å². The highest BCUT2D eigenvalue weighted by molar-refractivity contribution is 5.46. The van der Waals surface area contributed by atoms with Gasteiger partial charge in [0.2, 0.25) is 0 Å². The largest absolute Gasteiger partial charge is 0.493 e. The van der Waals surface area contributed by atoms with Crippen LogP contribution in [0.5, 0.6) is 11.5 Å². The summed E-state index contributed by atoms with van der Waals surface area (Å²) in [6.07, 6.45) is 4.57. The number of ether oxygens (including phenoxy) is 2. The van der Waals surface area contributed by atoms with Gasteiger partial charge in [0.05, 0.1) is 14.2 Å². The minimum absolute atomic E-state index is 0.226. The van der Waals surface area contributed by atoms with E-state index >= 15 is 0 Å². The minimum Gasteiger partial charge on any atom is -0.493 e. The molecule has 0 unspecified atom stereocenters. The fourth-order valence-electron chi connectivity index (χ4n) is 4.29. The first-order valence-corrected chi connectivity index (χ1v) is 7.79. The van der Waals surface area contributed by atoms with Crippen LogP contribution in [-0.2, 0) is 5.41 Å². The molecule has 1 saturated heterocycles. The van der Waals surface area contributed by atoms with E-state index in [-0.39, 0.29) is 5.41 Å². The third-order valence-corrected chi connectivity index (χ3v) is 5.53. The first-order chi connectivity index (χ1) is 10.1. The molecule has 0 radical (unpaired) electrons. The van der Waals surface area contributed by atoms with Crippen LogP contribution in [0.4, 0.5) is 0 Å². The Morgan fingerprint density at radius 3 is 2.67 bits per heavy atom. The number of fused-ring (bicyclic) bond motifs is 1. The number of hydrogen-bond acceptors (Lipinski definition) is 4. The average Bonchev–Trinajstić information content (AvgIpc) is 2.85. The molecule has 1 aromatic rings. The molecule has 1 heterocycles. The Labute approximate surface area is 127 Å². The van der Waals surface area contributed by atoms with Crippen molar-refractivity contribution in [3.8, 4) is 11.5 Å². The summed E-state index contributed by atoms with van der Waals surface area (Å²) in [7, 11) is 5.61. The van der Waals surface area contributed by atoms with Gasteiger partial charge in [0.1, 0.15) is 0 Å². The first-order valence-electron chi connectivity index (χ1n) is 7.79. The van der Waals surface area contributed by atoms with Crippen molar-refractivity contribution in [3.63, 3.8) is 0 Å². The maximum absolute atomic E-state index is 6.22. The van der Waals surface area contributed by atoms with Crippen LogP contribution in [0.15, 0.2) is 18.2 Å². The SMILES string of the molecule is COc1ccc([C@@]23CC[C@@H](N)C[C@H]2N(C)CC3)cc1OC. The molecule has 1 aliphatic carbocycles. The fraction of sp³-hybridized carbons (Fsp3) is 0.647. The van der Waals surface area contributed by atoms with Gasteiger partial charge in [-0.15, -0.1) is 0 Å². The van der Waals surface area contributed by atoms with Crippen LogP contribution < -0.4 is 15.2 Å². The Balaban J connectivity index is 2.01. The molecule has 0 amide bonds. The molecule has 21 heavy (non-hydrogen) atoms. The summed E-state index contributed by atoms with van der Waals surface area (Å²) in [4.78, 5) is 2.48. The zero-order valence-electron chi connectivity index (χ0n) is 13.3. The fourth-order valence-corrected chi connectivity index (χ4v) is 4.29. The lowest BCUT2D eigenvalue weighted by atomic mass is 9.65. The molecule has 0 bridgehead atoms. The lowest BCUT2D eigenvalue weighted by Gasteiger charge is -2.44. The van der Waals surface area contributed by atoms with Gasteiger partial charge in [0, 0.05) is 17.5 Å². The van der Waals surface area contributed by atoms with Gasteiger partial charge in [-0.2, -0.15) is 0 Å². The van der Waals surface area contributed by atoms with E-state index in [1.54, 1.807) is 14.2 Å². The Kier molecular flexibility index (Phi) is 3.84. The number of likely N-dealkylation sites (tertiary alicyclic amines) is 1. The van der Waals surface area contributed by atoms with Crippen molar-refractivity contribution < 1.29 is 9.47 Å². The standard InChI is InChI=1S/C17H26N2O2/c1-19-9-8-17(7-6-13(18)11-16(17)19)12-4-5-14(20-2)15(10-12)21-3/h4-5,10,13,16H,6-9,11,18H2,1-3H3/t13-,16-,17+/m1/s1. The predicted molar refractivity (Wildman–Crippen MR) is 84.1 cm³/mol. The highest BCUT2D eigenvalue weighted by Gasteiger charge is 2.49. The second-order valence-corrected chi connectivity index (χ2v) is 6.51. The lowest BCUT2D eigenvalue weighted by molar-refractivity contribution is 0.167. The number of hydrogen-bond donors (Lipinski definition) is 1. The number of benzene rings is 1. The minimum atomic E-state index is 0.226. The monoisotopic (exact) mass is 290 g/mol. The number of likely N-dealkylation sites (N-methyl/N-ethyl adjacent to an activating group) is 1. The Hall–Kier alpha value is -1.26. The van der Waals surface area contributed by atoms with Crippen LogP contribution in [0.1, 0.15) is 31.2 Å². The van der Waals surface area contributed by atoms with Gasteiger partial charge in [0.15, 0.2) is 11.5 Å². The third-order valence-electron chi connectivity index (χ3n) is 5.53. The summed E-state index contributed by atoms with van der Waals surface area (Å²) in [6, 6.07) is 7.29. The van der Waals surface area contributed by atoms with Crippen LogP contribution in [0.2, 0.25) is 0 Å². The summed E-state index contributed by atoms with van der Waals surface area (Å²) in [5.41, 5.74) is 7.82. The molecule has 116 valence electrons. The number of nitrogens with two attached hydrogens (primary N) is 1. The van der Waals surface area contributed by atoms with E-state index < -0.39 is 0 Å². The summed E-state index contributed by atoms with van der Waals surface area (Å²) < 4.78 is 10.9. The second-order valence-electron chi connectivity index (χ2n) is 6.51. The normalized spacial score (nSPS) is 32.8. The van der Waals surface area contributed by atoms with Gasteiger partial charge in [-0.25, -0.2) is 0 Å². The van der Waals surface area contributed by atoms with Crippen molar-refractivity contribution in [1.29, 1.82) is 0 Å². The smallest absolute Gasteiger partial charge is 0.161 e. The molecule has 4 heteroatoms. The van der Waals surface area contributed by atoms with Crippen molar-refractivity contribution in [2.45, 2.75) is 43.2 Å². The van der Waals surface area contributed by atoms with Crippen molar-refractivity contribution in [1.82, 2.24) is 4.90 Å². The van der Waals surface area contributed by atoms with Crippen LogP contribution in [0.3, 0.4) is 0 Å². The molecule has 0 aromatic heterocycles. The third kappa shape index (κ3) is 2.30. The molecule has 0 spiro atoms. The van der Waals surface area contributed by atoms with E-state index in [1.165, 1.54) is 18.4 Å². The molecular weight excluding hydrogens is 264 g/mol. The molecule has 1 aromatic carbocycles. The van der Waals surface area contributed by atoms with Gasteiger partial charge < -0.3 is 20.1 Å². The van der Waals surface area contributed by atoms with E-state index in [0.717, 1.165) is 30.9 Å². The zero-order valence-corrected chi connectivity index (χ0v) is 13.3. The number of rotatable bonds is 3. The van der Waals surface area contributed by atoms with Crippen LogP contribution in [-0.4, -0.2) is 44.8 Å². The van der Waals surface area contributed by atoms with Crippen LogP contribution in [0, 0.1) is 0 Å². The van der Waals surface area contributed by atoms with E-state index in [9.17, 15) is 0 Å². The van der Waals surface area contributed by atoms with Crippen molar-refractivity contribution >= 4 is 0 Å². The number of methoxy groups -OCH3 is 2. The molecule has 1 aliphatic heterocycles. The maximum atomic E-state index is 6.22. The quantitative estimate of drug-likeness (QED) is 0.926. The van der Waals surface area contributed by atoms with E-state index in [1.807, 2.05) is 6.07 Å². The van der Waals surface area contributed by atoms with Crippen LogP contribution >= 0.6 is 0 Å². The van der Waals surface area contributed by atoms with Gasteiger partial charge in [-0.1, -0.05) is 6.07 Å². The molecule has 3 rings (SSSR count). The molecule has 1 saturated carbocycles. The lowest BCUT2D eigenvalue weighted by Crippen LogP contribution is -2.49. The van der Waals surface area contributed by atoms with Crippen molar-refractivity contribution in [2.24, 2.45) is 5.73 Å². The molecule has 2 N–H and O–H groups in total.